The van der Waals surface area contributed by atoms with Gasteiger partial charge in [0, 0.05) is 0 Å². The van der Waals surface area contributed by atoms with Crippen LogP contribution in [0.5, 0.6) is 0 Å². The van der Waals surface area contributed by atoms with Crippen LogP contribution in [0.4, 0.5) is 46.8 Å². The molecular formula is C41H26F8N8. The number of aromatic nitrogens is 2. The molecule has 0 amide bonds. The summed E-state index contributed by atoms with van der Waals surface area (Å²) in [5.41, 5.74) is -3.45. The van der Waals surface area contributed by atoms with Crippen LogP contribution in [-0.2, 0) is 6.67 Å². The highest BCUT2D eigenvalue weighted by atomic mass is 19.2. The summed E-state index contributed by atoms with van der Waals surface area (Å²) in [6, 6.07) is 0. The molecule has 6 heterocycles. The molecule has 0 saturated carbocycles. The lowest BCUT2D eigenvalue weighted by molar-refractivity contribution is 0.578. The highest BCUT2D eigenvalue weighted by molar-refractivity contribution is 6.26. The molecule has 0 unspecified atom stereocenters. The Bertz CT molecular complexity index is 3110. The minimum absolute atomic E-state index is 0.0885. The monoisotopic (exact) mass is 782 g/mol. The maximum Gasteiger partial charge on any atom is 0.167 e. The van der Waals surface area contributed by atoms with E-state index in [0.29, 0.717) is 0 Å². The standard InChI is InChI=1S/C41H26F8N8/c1-10-11(2)27(43)19-18(26(10)42)34-50-35(19)53-39-24-25(33(49)17(8)16(7)32(24)48)41-55-37-21-20(28(44)12(3)13(4)29(21)45)36(51-37)54-40-23-22(30(46)14(5)15(6)31(23)47)38(52-34)56(40)9-57(39)41/h9H2,1-8H3. The van der Waals surface area contributed by atoms with Gasteiger partial charge in [0.2, 0.25) is 0 Å². The molecule has 0 spiro atoms. The van der Waals surface area contributed by atoms with Crippen LogP contribution in [0.25, 0.3) is 21.5 Å². The minimum Gasteiger partial charge on any atom is -0.291 e. The van der Waals surface area contributed by atoms with E-state index < -0.39 is 143 Å². The first-order chi connectivity index (χ1) is 27.0. The number of aliphatic imine (C=N–C) groups is 4. The average molecular weight is 783 g/mol. The summed E-state index contributed by atoms with van der Waals surface area (Å²) in [4.78, 5) is 27.2. The van der Waals surface area contributed by atoms with Crippen LogP contribution in [0.15, 0.2) is 30.0 Å². The lowest BCUT2D eigenvalue weighted by Crippen LogP contribution is -2.32. The molecule has 286 valence electrons. The molecule has 2 aromatic heterocycles. The van der Waals surface area contributed by atoms with E-state index in [0.717, 1.165) is 9.13 Å². The minimum atomic E-state index is -0.958. The Kier molecular flexibility index (Phi) is 6.88. The van der Waals surface area contributed by atoms with Gasteiger partial charge in [-0.1, -0.05) is 0 Å². The second kappa shape index (κ2) is 11.2. The molecule has 0 aliphatic carbocycles. The van der Waals surface area contributed by atoms with E-state index in [-0.39, 0.29) is 44.5 Å². The van der Waals surface area contributed by atoms with Crippen LogP contribution >= 0.6 is 0 Å². The quantitative estimate of drug-likeness (QED) is 0.138. The fourth-order valence-corrected chi connectivity index (χ4v) is 8.14. The highest BCUT2D eigenvalue weighted by Gasteiger charge is 2.38. The molecule has 0 atom stereocenters. The van der Waals surface area contributed by atoms with Crippen molar-refractivity contribution in [2.45, 2.75) is 62.1 Å². The Morgan fingerprint density at radius 3 is 0.895 bits per heavy atom. The molecule has 8 nitrogen and oxygen atoms in total. The van der Waals surface area contributed by atoms with Gasteiger partial charge in [-0.2, -0.15) is 0 Å². The largest absolute Gasteiger partial charge is 0.291 e. The van der Waals surface area contributed by atoms with Gasteiger partial charge in [0.05, 0.1) is 43.8 Å². The van der Waals surface area contributed by atoms with E-state index in [1.54, 1.807) is 0 Å². The fraction of sp³-hybridized carbons (Fsp3) is 0.220. The molecule has 0 radical (unpaired) electrons. The van der Waals surface area contributed by atoms with Crippen LogP contribution in [0.2, 0.25) is 0 Å². The van der Waals surface area contributed by atoms with Gasteiger partial charge in [-0.25, -0.2) is 65.1 Å². The number of nitrogens with zero attached hydrogens (tertiary/aromatic N) is 8. The number of hydrogen-bond donors (Lipinski definition) is 0. The molecule has 0 fully saturated rings. The normalized spacial score (nSPS) is 14.9. The van der Waals surface area contributed by atoms with Crippen molar-refractivity contribution in [3.63, 3.8) is 0 Å². The number of benzene rings is 4. The van der Waals surface area contributed by atoms with Crippen LogP contribution in [-0.4, -0.2) is 32.5 Å². The van der Waals surface area contributed by atoms with E-state index in [1.165, 1.54) is 55.4 Å². The fourth-order valence-electron chi connectivity index (χ4n) is 8.14. The van der Waals surface area contributed by atoms with E-state index in [1.807, 2.05) is 0 Å². The summed E-state index contributed by atoms with van der Waals surface area (Å²) < 4.78 is 135. The van der Waals surface area contributed by atoms with E-state index >= 15 is 35.1 Å². The second-order valence-corrected chi connectivity index (χ2v) is 14.8. The first kappa shape index (κ1) is 35.1. The van der Waals surface area contributed by atoms with Gasteiger partial charge in [-0.3, -0.25) is 9.13 Å². The molecule has 0 N–H and O–H groups in total. The van der Waals surface area contributed by atoms with Crippen molar-refractivity contribution in [3.8, 4) is 0 Å². The smallest absolute Gasteiger partial charge is 0.167 e. The molecule has 4 aliphatic heterocycles. The first-order valence-corrected chi connectivity index (χ1v) is 17.7. The molecule has 4 aliphatic rings. The number of hydrogen-bond acceptors (Lipinski definition) is 6. The average Bonchev–Trinajstić information content (AvgIpc) is 3.90. The van der Waals surface area contributed by atoms with Gasteiger partial charge >= 0.3 is 0 Å². The second-order valence-electron chi connectivity index (χ2n) is 14.8. The molecule has 16 heteroatoms. The van der Waals surface area contributed by atoms with E-state index in [9.17, 15) is 0 Å². The summed E-state index contributed by atoms with van der Waals surface area (Å²) in [6.07, 6.45) is 0. The predicted octanol–water partition coefficient (Wildman–Crippen LogP) is 8.63. The number of halogens is 8. The van der Waals surface area contributed by atoms with Crippen molar-refractivity contribution in [3.05, 3.63) is 124 Å². The molecule has 57 heavy (non-hydrogen) atoms. The lowest BCUT2D eigenvalue weighted by Gasteiger charge is -2.13. The van der Waals surface area contributed by atoms with Crippen LogP contribution in [0.1, 0.15) is 66.8 Å². The summed E-state index contributed by atoms with van der Waals surface area (Å²) in [5, 5.41) is -1.87. The first-order valence-electron chi connectivity index (χ1n) is 17.7. The van der Waals surface area contributed by atoms with Crippen LogP contribution in [0, 0.1) is 102 Å². The zero-order valence-electron chi connectivity index (χ0n) is 31.3. The summed E-state index contributed by atoms with van der Waals surface area (Å²) >= 11 is 0. The molecule has 10 rings (SSSR count). The Morgan fingerprint density at radius 1 is 0.316 bits per heavy atom. The lowest BCUT2D eigenvalue weighted by atomic mass is 9.98. The van der Waals surface area contributed by atoms with Crippen molar-refractivity contribution in [2.24, 2.45) is 30.0 Å². The Hall–Kier alpha value is -6.32. The van der Waals surface area contributed by atoms with Crippen LogP contribution in [0.3, 0.4) is 0 Å². The predicted molar refractivity (Wildman–Crippen MR) is 197 cm³/mol. The summed E-state index contributed by atoms with van der Waals surface area (Å²) in [7, 11) is 0. The topological polar surface area (TPSA) is 84.0 Å². The Labute approximate surface area is 316 Å². The highest BCUT2D eigenvalue weighted by Crippen LogP contribution is 2.46. The number of amidine groups is 4. The summed E-state index contributed by atoms with van der Waals surface area (Å²) in [6.45, 7) is 10.1. The zero-order valence-corrected chi connectivity index (χ0v) is 31.3. The van der Waals surface area contributed by atoms with Gasteiger partial charge in [0.1, 0.15) is 75.8 Å². The molecular weight excluding hydrogens is 756 g/mol. The molecule has 0 saturated heterocycles. The van der Waals surface area contributed by atoms with Crippen molar-refractivity contribution in [2.75, 3.05) is 0 Å². The third kappa shape index (κ3) is 4.11. The molecule has 6 bridgehead atoms. The van der Waals surface area contributed by atoms with Crippen molar-refractivity contribution < 1.29 is 35.1 Å². The van der Waals surface area contributed by atoms with Crippen molar-refractivity contribution in [1.82, 2.24) is 9.13 Å². The number of rotatable bonds is 0. The van der Waals surface area contributed by atoms with Gasteiger partial charge in [-0.15, -0.1) is 0 Å². The van der Waals surface area contributed by atoms with Gasteiger partial charge in [-0.05, 0) is 99.9 Å². The zero-order chi connectivity index (χ0) is 40.6. The third-order valence-corrected chi connectivity index (χ3v) is 12.0. The Morgan fingerprint density at radius 2 is 0.579 bits per heavy atom. The maximum atomic E-state index is 16.8. The Balaban J connectivity index is 1.55. The van der Waals surface area contributed by atoms with Gasteiger partial charge in [0.15, 0.2) is 23.3 Å². The summed E-state index contributed by atoms with van der Waals surface area (Å²) in [5.74, 6) is -10.3. The van der Waals surface area contributed by atoms with Crippen molar-refractivity contribution in [1.29, 1.82) is 0 Å². The molecule has 6 aromatic rings. The maximum absolute atomic E-state index is 16.8. The van der Waals surface area contributed by atoms with Gasteiger partial charge < -0.3 is 0 Å². The van der Waals surface area contributed by atoms with Crippen LogP contribution < -0.4 is 11.0 Å². The van der Waals surface area contributed by atoms with E-state index in [2.05, 4.69) is 30.0 Å². The van der Waals surface area contributed by atoms with Crippen molar-refractivity contribution >= 4 is 56.5 Å². The third-order valence-electron chi connectivity index (χ3n) is 12.0. The van der Waals surface area contributed by atoms with Gasteiger partial charge in [0.25, 0.3) is 0 Å². The SMILES string of the molecule is Cc1c(C)c(F)c2c(c1F)C1=NC2=Nc2c3c(F)c(C)c(C)c(F)c3c3n2Cn2c(c4c(F)c(C)c(C)c(F)c4c2=NC2=NC(=N3)c3c(F)c(C)c(C)c(F)c32)=N1. The number of fused-ring (bicyclic) bond motifs is 14. The van der Waals surface area contributed by atoms with E-state index in [4.69, 9.17) is 0 Å². The molecule has 4 aromatic carbocycles.